The molecule has 0 saturated carbocycles. The van der Waals surface area contributed by atoms with E-state index in [4.69, 9.17) is 14.2 Å². The molecule has 0 spiro atoms. The maximum atomic E-state index is 13.9. The van der Waals surface area contributed by atoms with Crippen molar-refractivity contribution in [1.82, 2.24) is 4.98 Å². The molecule has 4 aromatic rings. The maximum absolute atomic E-state index is 13.9. The van der Waals surface area contributed by atoms with Crippen LogP contribution in [0.1, 0.15) is 43.4 Å². The molecule has 10 heteroatoms. The molecule has 2 heterocycles. The first-order valence-electron chi connectivity index (χ1n) is 13.2. The fourth-order valence-corrected chi connectivity index (χ4v) is 5.76. The number of anilines is 1. The van der Waals surface area contributed by atoms with Gasteiger partial charge in [-0.3, -0.25) is 14.5 Å². The summed E-state index contributed by atoms with van der Waals surface area (Å²) in [5, 5.41) is 11.6. The van der Waals surface area contributed by atoms with Crippen LogP contribution in [0.15, 0.2) is 66.2 Å². The molecule has 0 bridgehead atoms. The Morgan fingerprint density at radius 2 is 1.78 bits per heavy atom. The van der Waals surface area contributed by atoms with Crippen molar-refractivity contribution in [3.05, 3.63) is 83.2 Å². The molecule has 1 aliphatic rings. The van der Waals surface area contributed by atoms with Crippen LogP contribution in [-0.2, 0) is 9.59 Å². The standard InChI is InChI=1S/C31H29FN2O6S/c1-4-5-6-15-40-23-14-9-19(16-24(23)39-3)27-26(28(35)18-7-11-21(38-2)12-8-18)29(36)30(37)34(27)31-33-22-13-10-20(32)17-25(22)41-31/h7-14,16-17,27,35H,4-6,15H2,1-3H3/b28-26+. The first-order chi connectivity index (χ1) is 19.9. The number of rotatable bonds is 10. The number of nitrogens with zero attached hydrogens (tertiary/aromatic N) is 2. The molecule has 5 rings (SSSR count). The molecule has 0 radical (unpaired) electrons. The average molecular weight is 577 g/mol. The molecule has 1 N–H and O–H groups in total. The molecule has 1 unspecified atom stereocenters. The maximum Gasteiger partial charge on any atom is 0.301 e. The van der Waals surface area contributed by atoms with E-state index in [9.17, 15) is 19.1 Å². The highest BCUT2D eigenvalue weighted by molar-refractivity contribution is 7.22. The Kier molecular flexibility index (Phi) is 8.21. The van der Waals surface area contributed by atoms with Crippen LogP contribution < -0.4 is 19.1 Å². The number of fused-ring (bicyclic) bond motifs is 1. The molecule has 1 atom stereocenters. The molecule has 1 amide bonds. The minimum Gasteiger partial charge on any atom is -0.507 e. The van der Waals surface area contributed by atoms with Gasteiger partial charge in [0.25, 0.3) is 5.78 Å². The molecule has 0 aliphatic carbocycles. The molecule has 1 aliphatic heterocycles. The van der Waals surface area contributed by atoms with E-state index in [1.54, 1.807) is 42.5 Å². The van der Waals surface area contributed by atoms with Gasteiger partial charge in [0.15, 0.2) is 16.6 Å². The quantitative estimate of drug-likeness (QED) is 0.0977. The second-order valence-electron chi connectivity index (χ2n) is 9.47. The second-order valence-corrected chi connectivity index (χ2v) is 10.5. The fourth-order valence-electron chi connectivity index (χ4n) is 4.75. The van der Waals surface area contributed by atoms with Gasteiger partial charge in [-0.2, -0.15) is 0 Å². The van der Waals surface area contributed by atoms with E-state index in [1.807, 2.05) is 0 Å². The first kappa shape index (κ1) is 28.1. The molecule has 8 nitrogen and oxygen atoms in total. The monoisotopic (exact) mass is 576 g/mol. The summed E-state index contributed by atoms with van der Waals surface area (Å²) >= 11 is 1.08. The summed E-state index contributed by atoms with van der Waals surface area (Å²) < 4.78 is 31.2. The highest BCUT2D eigenvalue weighted by Crippen LogP contribution is 2.46. The SMILES string of the molecule is CCCCCOc1ccc(C2/C(=C(\O)c3ccc(OC)cc3)C(=O)C(=O)N2c2nc3ccc(F)cc3s2)cc1OC. The number of ketones is 1. The molecule has 1 saturated heterocycles. The van der Waals surface area contributed by atoms with Gasteiger partial charge in [-0.25, -0.2) is 9.37 Å². The van der Waals surface area contributed by atoms with Crippen molar-refractivity contribution in [1.29, 1.82) is 0 Å². The molecule has 212 valence electrons. The van der Waals surface area contributed by atoms with Gasteiger partial charge in [-0.15, -0.1) is 0 Å². The predicted octanol–water partition coefficient (Wildman–Crippen LogP) is 6.65. The fraction of sp³-hybridized carbons (Fsp3) is 0.258. The summed E-state index contributed by atoms with van der Waals surface area (Å²) in [5.74, 6) is -1.000. The molecule has 41 heavy (non-hydrogen) atoms. The van der Waals surface area contributed by atoms with Gasteiger partial charge in [0.2, 0.25) is 0 Å². The Morgan fingerprint density at radius 1 is 1.00 bits per heavy atom. The Balaban J connectivity index is 1.65. The molecular formula is C31H29FN2O6S. The number of halogens is 1. The van der Waals surface area contributed by atoms with Crippen LogP contribution in [-0.4, -0.2) is 42.6 Å². The number of unbranched alkanes of at least 4 members (excludes halogenated alkanes) is 2. The second kappa shape index (κ2) is 12.0. The largest absolute Gasteiger partial charge is 0.507 e. The van der Waals surface area contributed by atoms with Crippen LogP contribution in [0.3, 0.4) is 0 Å². The number of hydrogen-bond donors (Lipinski definition) is 1. The van der Waals surface area contributed by atoms with Crippen LogP contribution in [0, 0.1) is 5.82 Å². The zero-order valence-corrected chi connectivity index (χ0v) is 23.7. The van der Waals surface area contributed by atoms with Crippen LogP contribution in [0.5, 0.6) is 17.2 Å². The Labute approximate surface area is 240 Å². The third-order valence-electron chi connectivity index (χ3n) is 6.86. The van der Waals surface area contributed by atoms with E-state index in [-0.39, 0.29) is 16.5 Å². The highest BCUT2D eigenvalue weighted by atomic mass is 32.1. The lowest BCUT2D eigenvalue weighted by Gasteiger charge is -2.24. The van der Waals surface area contributed by atoms with Crippen molar-refractivity contribution in [2.45, 2.75) is 32.2 Å². The van der Waals surface area contributed by atoms with Gasteiger partial charge in [-0.05, 0) is 66.6 Å². The van der Waals surface area contributed by atoms with Gasteiger partial charge in [-0.1, -0.05) is 37.2 Å². The van der Waals surface area contributed by atoms with E-state index in [0.29, 0.717) is 45.2 Å². The Hall–Kier alpha value is -4.44. The van der Waals surface area contributed by atoms with Crippen LogP contribution in [0.4, 0.5) is 9.52 Å². The third-order valence-corrected chi connectivity index (χ3v) is 7.88. The number of Topliss-reactive ketones (excluding diaryl/α,β-unsaturated/α-hetero) is 1. The van der Waals surface area contributed by atoms with Gasteiger partial charge in [0.05, 0.1) is 42.7 Å². The summed E-state index contributed by atoms with van der Waals surface area (Å²) in [6, 6.07) is 14.7. The van der Waals surface area contributed by atoms with Crippen molar-refractivity contribution in [2.75, 3.05) is 25.7 Å². The number of thiazole rings is 1. The summed E-state index contributed by atoms with van der Waals surface area (Å²) in [4.78, 5) is 32.9. The average Bonchev–Trinajstić information content (AvgIpc) is 3.52. The third kappa shape index (κ3) is 5.47. The van der Waals surface area contributed by atoms with E-state index >= 15 is 0 Å². The number of amides is 1. The minimum absolute atomic E-state index is 0.107. The van der Waals surface area contributed by atoms with E-state index in [2.05, 4.69) is 11.9 Å². The predicted molar refractivity (Wildman–Crippen MR) is 155 cm³/mol. The number of carbonyl (C=O) groups excluding carboxylic acids is 2. The highest BCUT2D eigenvalue weighted by Gasteiger charge is 2.48. The lowest BCUT2D eigenvalue weighted by molar-refractivity contribution is -0.132. The number of aliphatic hydroxyl groups is 1. The summed E-state index contributed by atoms with van der Waals surface area (Å²) in [6.45, 7) is 2.63. The lowest BCUT2D eigenvalue weighted by atomic mass is 9.95. The van der Waals surface area contributed by atoms with Crippen molar-refractivity contribution >= 4 is 44.1 Å². The first-order valence-corrected chi connectivity index (χ1v) is 14.0. The van der Waals surface area contributed by atoms with E-state index in [1.165, 1.54) is 37.3 Å². The number of benzene rings is 3. The molecule has 3 aromatic carbocycles. The lowest BCUT2D eigenvalue weighted by Crippen LogP contribution is -2.29. The van der Waals surface area contributed by atoms with Gasteiger partial charge in [0.1, 0.15) is 17.3 Å². The van der Waals surface area contributed by atoms with Gasteiger partial charge in [0, 0.05) is 5.56 Å². The summed E-state index contributed by atoms with van der Waals surface area (Å²) in [6.07, 6.45) is 2.98. The zero-order valence-electron chi connectivity index (χ0n) is 22.8. The number of hydrogen-bond acceptors (Lipinski definition) is 8. The smallest absolute Gasteiger partial charge is 0.301 e. The number of methoxy groups -OCH3 is 2. The number of aromatic nitrogens is 1. The summed E-state index contributed by atoms with van der Waals surface area (Å²) in [7, 11) is 3.03. The van der Waals surface area contributed by atoms with Crippen molar-refractivity contribution in [2.24, 2.45) is 0 Å². The molecular weight excluding hydrogens is 547 g/mol. The van der Waals surface area contributed by atoms with E-state index < -0.39 is 23.5 Å². The zero-order chi connectivity index (χ0) is 29.1. The Bertz CT molecular complexity index is 1630. The minimum atomic E-state index is -1.04. The topological polar surface area (TPSA) is 98.2 Å². The summed E-state index contributed by atoms with van der Waals surface area (Å²) in [5.41, 5.74) is 1.21. The van der Waals surface area contributed by atoms with Crippen molar-refractivity contribution in [3.8, 4) is 17.2 Å². The Morgan fingerprint density at radius 3 is 2.49 bits per heavy atom. The van der Waals surface area contributed by atoms with Crippen LogP contribution in [0.2, 0.25) is 0 Å². The van der Waals surface area contributed by atoms with Crippen molar-refractivity contribution < 1.29 is 33.3 Å². The van der Waals surface area contributed by atoms with Gasteiger partial charge < -0.3 is 19.3 Å². The number of ether oxygens (including phenoxy) is 3. The van der Waals surface area contributed by atoms with Crippen LogP contribution in [0.25, 0.3) is 16.0 Å². The van der Waals surface area contributed by atoms with E-state index in [0.717, 1.165) is 30.6 Å². The molecule has 1 fully saturated rings. The number of aliphatic hydroxyl groups excluding tert-OH is 1. The molecule has 1 aromatic heterocycles. The van der Waals surface area contributed by atoms with Crippen LogP contribution >= 0.6 is 11.3 Å². The van der Waals surface area contributed by atoms with Crippen molar-refractivity contribution in [3.63, 3.8) is 0 Å². The normalized spacial score (nSPS) is 16.4. The number of carbonyl (C=O) groups is 2. The van der Waals surface area contributed by atoms with Gasteiger partial charge >= 0.3 is 5.91 Å².